The Labute approximate surface area is 124 Å². The number of rotatable bonds is 5. The molecule has 0 spiro atoms. The first-order valence-corrected chi connectivity index (χ1v) is 7.90. The third-order valence-electron chi connectivity index (χ3n) is 3.97. The van der Waals surface area contributed by atoms with Gasteiger partial charge in [-0.2, -0.15) is 0 Å². The number of likely N-dealkylation sites (tertiary alicyclic amines) is 1. The number of hydrogen-bond acceptors (Lipinski definition) is 3. The molecule has 0 aromatic carbocycles. The number of aromatic nitrogens is 3. The van der Waals surface area contributed by atoms with Crippen molar-refractivity contribution in [3.63, 3.8) is 0 Å². The van der Waals surface area contributed by atoms with Crippen molar-refractivity contribution in [2.75, 3.05) is 19.6 Å². The van der Waals surface area contributed by atoms with Gasteiger partial charge in [-0.3, -0.25) is 0 Å². The molecule has 5 heteroatoms. The molecule has 1 aliphatic heterocycles. The molecule has 0 amide bonds. The zero-order valence-corrected chi connectivity index (χ0v) is 12.7. The normalized spacial score (nSPS) is 17.9. The Balaban J connectivity index is 1.78. The van der Waals surface area contributed by atoms with Gasteiger partial charge in [-0.1, -0.05) is 6.92 Å². The van der Waals surface area contributed by atoms with Crippen LogP contribution in [0.3, 0.4) is 0 Å². The first-order chi connectivity index (χ1) is 9.78. The molecule has 0 saturated carbocycles. The molecular weight excluding hydrogens is 272 g/mol. The minimum atomic E-state index is 0.437. The lowest BCUT2D eigenvalue weighted by molar-refractivity contribution is 0.272. The summed E-state index contributed by atoms with van der Waals surface area (Å²) >= 11 is 6.04. The van der Waals surface area contributed by atoms with Crippen molar-refractivity contribution < 1.29 is 0 Å². The minimum absolute atomic E-state index is 0.437. The lowest BCUT2D eigenvalue weighted by Crippen LogP contribution is -2.28. The fourth-order valence-corrected chi connectivity index (χ4v) is 3.28. The molecule has 0 radical (unpaired) electrons. The second kappa shape index (κ2) is 6.10. The van der Waals surface area contributed by atoms with E-state index in [1.165, 1.54) is 25.9 Å². The quantitative estimate of drug-likeness (QED) is 0.795. The van der Waals surface area contributed by atoms with Crippen molar-refractivity contribution in [1.82, 2.24) is 19.4 Å². The number of pyridine rings is 1. The smallest absolute Gasteiger partial charge is 0.160 e. The molecular formula is C15H21ClN4. The molecule has 0 bridgehead atoms. The Morgan fingerprint density at radius 1 is 1.30 bits per heavy atom. The van der Waals surface area contributed by atoms with Crippen LogP contribution in [-0.2, 0) is 12.4 Å². The fourth-order valence-electron chi connectivity index (χ4n) is 3.07. The summed E-state index contributed by atoms with van der Waals surface area (Å²) in [4.78, 5) is 11.6. The average molecular weight is 293 g/mol. The SMILES string of the molecule is CC(CN1CCCC1)Cn1c(CCl)nc2cccnc21. The number of halogens is 1. The zero-order chi connectivity index (χ0) is 13.9. The van der Waals surface area contributed by atoms with Gasteiger partial charge in [0.25, 0.3) is 0 Å². The molecule has 20 heavy (non-hydrogen) atoms. The number of hydrogen-bond donors (Lipinski definition) is 0. The van der Waals surface area contributed by atoms with Crippen molar-refractivity contribution in [1.29, 1.82) is 0 Å². The monoisotopic (exact) mass is 292 g/mol. The van der Waals surface area contributed by atoms with Gasteiger partial charge in [0, 0.05) is 19.3 Å². The van der Waals surface area contributed by atoms with E-state index in [1.54, 1.807) is 0 Å². The molecule has 1 unspecified atom stereocenters. The summed E-state index contributed by atoms with van der Waals surface area (Å²) in [6.07, 6.45) is 4.51. The molecule has 1 atom stereocenters. The number of nitrogens with zero attached hydrogens (tertiary/aromatic N) is 4. The molecule has 0 aliphatic carbocycles. The lowest BCUT2D eigenvalue weighted by atomic mass is 10.1. The van der Waals surface area contributed by atoms with Crippen LogP contribution in [0, 0.1) is 5.92 Å². The third-order valence-corrected chi connectivity index (χ3v) is 4.20. The van der Waals surface area contributed by atoms with E-state index in [0.29, 0.717) is 11.8 Å². The first kappa shape index (κ1) is 13.8. The summed E-state index contributed by atoms with van der Waals surface area (Å²) in [5, 5.41) is 0. The molecule has 4 nitrogen and oxygen atoms in total. The Morgan fingerprint density at radius 2 is 2.10 bits per heavy atom. The van der Waals surface area contributed by atoms with Crippen molar-refractivity contribution in [3.05, 3.63) is 24.2 Å². The van der Waals surface area contributed by atoms with E-state index in [1.807, 2.05) is 18.3 Å². The van der Waals surface area contributed by atoms with Crippen LogP contribution in [0.15, 0.2) is 18.3 Å². The van der Waals surface area contributed by atoms with Gasteiger partial charge in [-0.05, 0) is 44.0 Å². The molecule has 1 saturated heterocycles. The van der Waals surface area contributed by atoms with E-state index >= 15 is 0 Å². The van der Waals surface area contributed by atoms with E-state index in [0.717, 1.165) is 30.1 Å². The van der Waals surface area contributed by atoms with Crippen molar-refractivity contribution in [3.8, 4) is 0 Å². The molecule has 2 aromatic rings. The molecule has 2 aromatic heterocycles. The van der Waals surface area contributed by atoms with Crippen LogP contribution >= 0.6 is 11.6 Å². The zero-order valence-electron chi connectivity index (χ0n) is 11.9. The van der Waals surface area contributed by atoms with Crippen molar-refractivity contribution in [2.45, 2.75) is 32.2 Å². The van der Waals surface area contributed by atoms with E-state index < -0.39 is 0 Å². The van der Waals surface area contributed by atoms with Gasteiger partial charge in [-0.25, -0.2) is 9.97 Å². The maximum atomic E-state index is 6.04. The molecule has 1 aliphatic rings. The molecule has 0 N–H and O–H groups in total. The second-order valence-electron chi connectivity index (χ2n) is 5.73. The van der Waals surface area contributed by atoms with Crippen LogP contribution in [0.2, 0.25) is 0 Å². The molecule has 1 fully saturated rings. The Morgan fingerprint density at radius 3 is 2.85 bits per heavy atom. The molecule has 3 rings (SSSR count). The van der Waals surface area contributed by atoms with Crippen molar-refractivity contribution in [2.24, 2.45) is 5.92 Å². The Hall–Kier alpha value is -1.13. The van der Waals surface area contributed by atoms with Crippen LogP contribution in [-0.4, -0.2) is 39.1 Å². The standard InChI is InChI=1S/C15H21ClN4/c1-12(10-19-7-2-3-8-19)11-20-14(9-16)18-13-5-4-6-17-15(13)20/h4-6,12H,2-3,7-11H2,1H3. The van der Waals surface area contributed by atoms with Crippen LogP contribution < -0.4 is 0 Å². The van der Waals surface area contributed by atoms with E-state index in [4.69, 9.17) is 11.6 Å². The molecule has 3 heterocycles. The predicted molar refractivity (Wildman–Crippen MR) is 81.9 cm³/mol. The van der Waals surface area contributed by atoms with Crippen LogP contribution in [0.1, 0.15) is 25.6 Å². The van der Waals surface area contributed by atoms with Gasteiger partial charge in [0.15, 0.2) is 5.65 Å². The summed E-state index contributed by atoms with van der Waals surface area (Å²) in [5.74, 6) is 1.94. The van der Waals surface area contributed by atoms with Gasteiger partial charge < -0.3 is 9.47 Å². The average Bonchev–Trinajstić information content (AvgIpc) is 3.07. The van der Waals surface area contributed by atoms with Crippen LogP contribution in [0.25, 0.3) is 11.2 Å². The van der Waals surface area contributed by atoms with Crippen LogP contribution in [0.4, 0.5) is 0 Å². The lowest BCUT2D eigenvalue weighted by Gasteiger charge is -2.21. The number of alkyl halides is 1. The highest BCUT2D eigenvalue weighted by Gasteiger charge is 2.17. The van der Waals surface area contributed by atoms with E-state index in [9.17, 15) is 0 Å². The Bertz CT molecular complexity index is 574. The minimum Gasteiger partial charge on any atom is -0.311 e. The molecule has 108 valence electrons. The van der Waals surface area contributed by atoms with Gasteiger partial charge in [-0.15, -0.1) is 11.6 Å². The van der Waals surface area contributed by atoms with Gasteiger partial charge >= 0.3 is 0 Å². The highest BCUT2D eigenvalue weighted by Crippen LogP contribution is 2.18. The van der Waals surface area contributed by atoms with Crippen LogP contribution in [0.5, 0.6) is 0 Å². The highest BCUT2D eigenvalue weighted by molar-refractivity contribution is 6.16. The summed E-state index contributed by atoms with van der Waals surface area (Å²) in [5.41, 5.74) is 1.90. The van der Waals surface area contributed by atoms with Gasteiger partial charge in [0.1, 0.15) is 11.3 Å². The van der Waals surface area contributed by atoms with Gasteiger partial charge in [0.05, 0.1) is 5.88 Å². The number of fused-ring (bicyclic) bond motifs is 1. The maximum Gasteiger partial charge on any atom is 0.160 e. The van der Waals surface area contributed by atoms with Crippen molar-refractivity contribution >= 4 is 22.8 Å². The fraction of sp³-hybridized carbons (Fsp3) is 0.600. The summed E-state index contributed by atoms with van der Waals surface area (Å²) in [6.45, 7) is 6.87. The topological polar surface area (TPSA) is 34.0 Å². The predicted octanol–water partition coefficient (Wildman–Crippen LogP) is 2.90. The second-order valence-corrected chi connectivity index (χ2v) is 6.00. The summed E-state index contributed by atoms with van der Waals surface area (Å²) < 4.78 is 2.18. The van der Waals surface area contributed by atoms with E-state index in [-0.39, 0.29) is 0 Å². The first-order valence-electron chi connectivity index (χ1n) is 7.36. The number of imidazole rings is 1. The van der Waals surface area contributed by atoms with E-state index in [2.05, 4.69) is 26.4 Å². The third kappa shape index (κ3) is 2.81. The Kier molecular flexibility index (Phi) is 4.22. The maximum absolute atomic E-state index is 6.04. The summed E-state index contributed by atoms with van der Waals surface area (Å²) in [7, 11) is 0. The largest absolute Gasteiger partial charge is 0.311 e. The summed E-state index contributed by atoms with van der Waals surface area (Å²) in [6, 6.07) is 3.92. The van der Waals surface area contributed by atoms with Gasteiger partial charge in [0.2, 0.25) is 0 Å². The highest BCUT2D eigenvalue weighted by atomic mass is 35.5.